The number of carbonyl (C=O) groups is 2. The number of rotatable bonds is 1. The van der Waals surface area contributed by atoms with Crippen LogP contribution in [0.25, 0.3) is 0 Å². The van der Waals surface area contributed by atoms with E-state index in [0.717, 1.165) is 5.01 Å². The quantitative estimate of drug-likeness (QED) is 0.363. The first-order valence-electron chi connectivity index (χ1n) is 4.70. The highest BCUT2D eigenvalue weighted by atomic mass is 32.1. The third-order valence-electron chi connectivity index (χ3n) is 2.73. The molecular formula is C9H11N3O2S. The van der Waals surface area contributed by atoms with Crippen LogP contribution in [0, 0.1) is 11.8 Å². The van der Waals surface area contributed by atoms with E-state index in [1.807, 2.05) is 12.2 Å². The second-order valence-corrected chi connectivity index (χ2v) is 4.08. The predicted molar refractivity (Wildman–Crippen MR) is 57.1 cm³/mol. The Morgan fingerprint density at radius 2 is 1.80 bits per heavy atom. The van der Waals surface area contributed by atoms with Gasteiger partial charge in [-0.05, 0) is 25.1 Å². The fourth-order valence-corrected chi connectivity index (χ4v) is 2.11. The van der Waals surface area contributed by atoms with Gasteiger partial charge in [-0.3, -0.25) is 15.0 Å². The Bertz CT molecular complexity index is 340. The molecule has 0 aromatic carbocycles. The van der Waals surface area contributed by atoms with Crippen LogP contribution in [0.2, 0.25) is 0 Å². The molecule has 0 spiro atoms. The molecule has 15 heavy (non-hydrogen) atoms. The molecule has 1 aliphatic heterocycles. The average molecular weight is 225 g/mol. The van der Waals surface area contributed by atoms with Crippen molar-refractivity contribution in [1.82, 2.24) is 10.4 Å². The summed E-state index contributed by atoms with van der Waals surface area (Å²) in [5, 5.41) is 0.883. The second kappa shape index (κ2) is 3.62. The van der Waals surface area contributed by atoms with Crippen molar-refractivity contribution in [3.05, 3.63) is 12.2 Å². The number of fused-ring (bicyclic) bond motifs is 1. The predicted octanol–water partition coefficient (Wildman–Crippen LogP) is -0.314. The number of carbonyl (C=O) groups excluding carboxylic acids is 2. The molecule has 2 unspecified atom stereocenters. The van der Waals surface area contributed by atoms with Gasteiger partial charge >= 0.3 is 0 Å². The van der Waals surface area contributed by atoms with E-state index in [9.17, 15) is 9.59 Å². The van der Waals surface area contributed by atoms with E-state index in [0.29, 0.717) is 12.8 Å². The fraction of sp³-hybridized carbons (Fsp3) is 0.444. The van der Waals surface area contributed by atoms with Gasteiger partial charge < -0.3 is 5.73 Å². The molecule has 2 atom stereocenters. The minimum absolute atomic E-state index is 0.0664. The highest BCUT2D eigenvalue weighted by Crippen LogP contribution is 2.33. The zero-order chi connectivity index (χ0) is 11.0. The summed E-state index contributed by atoms with van der Waals surface area (Å²) in [4.78, 5) is 23.6. The van der Waals surface area contributed by atoms with Gasteiger partial charge in [0.05, 0.1) is 11.8 Å². The second-order valence-electron chi connectivity index (χ2n) is 3.64. The molecule has 1 fully saturated rings. The molecule has 2 rings (SSSR count). The summed E-state index contributed by atoms with van der Waals surface area (Å²) in [6.07, 6.45) is 5.09. The molecule has 5 nitrogen and oxygen atoms in total. The first kappa shape index (κ1) is 10.1. The first-order valence-corrected chi connectivity index (χ1v) is 5.11. The van der Waals surface area contributed by atoms with Crippen molar-refractivity contribution in [2.24, 2.45) is 17.6 Å². The molecule has 3 N–H and O–H groups in total. The third-order valence-corrected chi connectivity index (χ3v) is 2.82. The first-order chi connectivity index (χ1) is 7.11. The zero-order valence-electron chi connectivity index (χ0n) is 7.97. The summed E-state index contributed by atoms with van der Waals surface area (Å²) < 4.78 is 0. The van der Waals surface area contributed by atoms with Crippen LogP contribution in [-0.4, -0.2) is 21.9 Å². The summed E-state index contributed by atoms with van der Waals surface area (Å²) in [6.45, 7) is 0. The fourth-order valence-electron chi connectivity index (χ4n) is 2.02. The summed E-state index contributed by atoms with van der Waals surface area (Å²) in [5.41, 5.74) is 7.66. The molecule has 80 valence electrons. The van der Waals surface area contributed by atoms with Crippen molar-refractivity contribution >= 4 is 29.1 Å². The minimum atomic E-state index is -0.246. The Morgan fingerprint density at radius 1 is 1.33 bits per heavy atom. The number of nitrogens with two attached hydrogens (primary N) is 1. The number of imide groups is 1. The van der Waals surface area contributed by atoms with Gasteiger partial charge in [-0.2, -0.15) is 5.01 Å². The highest BCUT2D eigenvalue weighted by molar-refractivity contribution is 7.80. The monoisotopic (exact) mass is 225 g/mol. The van der Waals surface area contributed by atoms with Crippen LogP contribution in [0.5, 0.6) is 0 Å². The molecule has 0 aromatic rings. The van der Waals surface area contributed by atoms with E-state index >= 15 is 0 Å². The summed E-state index contributed by atoms with van der Waals surface area (Å²) in [5.74, 6) is -0.960. The molecule has 6 heteroatoms. The molecule has 1 aliphatic carbocycles. The number of allylic oxidation sites excluding steroid dienone is 2. The van der Waals surface area contributed by atoms with Crippen molar-refractivity contribution in [2.45, 2.75) is 12.8 Å². The Labute approximate surface area is 92.3 Å². The van der Waals surface area contributed by atoms with Crippen LogP contribution in [0.15, 0.2) is 12.2 Å². The molecule has 1 heterocycles. The van der Waals surface area contributed by atoms with Crippen LogP contribution in [0.4, 0.5) is 0 Å². The number of thiocarbonyl (C=S) groups is 1. The third kappa shape index (κ3) is 1.61. The Hall–Kier alpha value is -1.43. The van der Waals surface area contributed by atoms with E-state index in [2.05, 4.69) is 17.6 Å². The van der Waals surface area contributed by atoms with Crippen molar-refractivity contribution in [3.8, 4) is 0 Å². The normalized spacial score (nSPS) is 29.2. The molecule has 1 saturated heterocycles. The van der Waals surface area contributed by atoms with Crippen molar-refractivity contribution < 1.29 is 9.59 Å². The zero-order valence-corrected chi connectivity index (χ0v) is 8.79. The van der Waals surface area contributed by atoms with Gasteiger partial charge in [-0.1, -0.05) is 12.2 Å². The molecule has 0 bridgehead atoms. The molecular weight excluding hydrogens is 214 g/mol. The topological polar surface area (TPSA) is 75.4 Å². The van der Waals surface area contributed by atoms with Gasteiger partial charge in [0.25, 0.3) is 11.8 Å². The van der Waals surface area contributed by atoms with Gasteiger partial charge in [-0.25, -0.2) is 0 Å². The number of hydrogen-bond acceptors (Lipinski definition) is 3. The van der Waals surface area contributed by atoms with E-state index in [4.69, 9.17) is 5.73 Å². The van der Waals surface area contributed by atoms with Crippen LogP contribution in [0.3, 0.4) is 0 Å². The number of hydrazine groups is 1. The lowest BCUT2D eigenvalue weighted by Crippen LogP contribution is -2.48. The van der Waals surface area contributed by atoms with E-state index in [-0.39, 0.29) is 28.8 Å². The Balaban J connectivity index is 2.20. The standard InChI is InChI=1S/C9H11N3O2S/c10-9(15)11-12-7(13)5-3-1-2-4-6(5)8(12)14/h1-2,5-6H,3-4H2,(H3,10,11,15). The summed E-state index contributed by atoms with van der Waals surface area (Å²) >= 11 is 4.61. The highest BCUT2D eigenvalue weighted by Gasteiger charge is 2.47. The van der Waals surface area contributed by atoms with Crippen LogP contribution < -0.4 is 11.2 Å². The smallest absolute Gasteiger partial charge is 0.252 e. The summed E-state index contributed by atoms with van der Waals surface area (Å²) in [6, 6.07) is 0. The molecule has 0 radical (unpaired) electrons. The number of nitrogens with one attached hydrogen (secondary N) is 1. The minimum Gasteiger partial charge on any atom is -0.375 e. The van der Waals surface area contributed by atoms with Crippen molar-refractivity contribution in [1.29, 1.82) is 0 Å². The van der Waals surface area contributed by atoms with Gasteiger partial charge in [0.15, 0.2) is 5.11 Å². The number of nitrogens with zero attached hydrogens (tertiary/aromatic N) is 1. The largest absolute Gasteiger partial charge is 0.375 e. The van der Waals surface area contributed by atoms with Crippen molar-refractivity contribution in [2.75, 3.05) is 0 Å². The van der Waals surface area contributed by atoms with Crippen LogP contribution in [-0.2, 0) is 9.59 Å². The maximum atomic E-state index is 11.8. The average Bonchev–Trinajstić information content (AvgIpc) is 2.44. The number of amides is 2. The Kier molecular flexibility index (Phi) is 2.44. The lowest BCUT2D eigenvalue weighted by atomic mass is 9.85. The van der Waals surface area contributed by atoms with Gasteiger partial charge in [0.2, 0.25) is 0 Å². The van der Waals surface area contributed by atoms with E-state index in [1.54, 1.807) is 0 Å². The number of hydrogen-bond donors (Lipinski definition) is 2. The maximum Gasteiger partial charge on any atom is 0.252 e. The van der Waals surface area contributed by atoms with Gasteiger partial charge in [0, 0.05) is 0 Å². The lowest BCUT2D eigenvalue weighted by Gasteiger charge is -2.14. The van der Waals surface area contributed by atoms with Gasteiger partial charge in [0.1, 0.15) is 0 Å². The Morgan fingerprint density at radius 3 is 2.20 bits per heavy atom. The van der Waals surface area contributed by atoms with E-state index in [1.165, 1.54) is 0 Å². The van der Waals surface area contributed by atoms with Crippen molar-refractivity contribution in [3.63, 3.8) is 0 Å². The molecule has 2 aliphatic rings. The van der Waals surface area contributed by atoms with Crippen LogP contribution >= 0.6 is 12.2 Å². The van der Waals surface area contributed by atoms with E-state index < -0.39 is 0 Å². The molecule has 0 aromatic heterocycles. The SMILES string of the molecule is NC(=S)NN1C(=O)C2CC=CCC2C1=O. The molecule has 0 saturated carbocycles. The maximum absolute atomic E-state index is 11.8. The van der Waals surface area contributed by atoms with Crippen LogP contribution in [0.1, 0.15) is 12.8 Å². The molecule has 2 amide bonds. The van der Waals surface area contributed by atoms with Gasteiger partial charge in [-0.15, -0.1) is 0 Å². The lowest BCUT2D eigenvalue weighted by molar-refractivity contribution is -0.142. The summed E-state index contributed by atoms with van der Waals surface area (Å²) in [7, 11) is 0.